The van der Waals surface area contributed by atoms with Crippen molar-refractivity contribution in [1.82, 2.24) is 15.2 Å². The summed E-state index contributed by atoms with van der Waals surface area (Å²) in [5.41, 5.74) is 0.748. The van der Waals surface area contributed by atoms with Crippen LogP contribution in [-0.2, 0) is 4.74 Å². The molecule has 0 bridgehead atoms. The molecule has 6 nitrogen and oxygen atoms in total. The number of carbonyl (C=O) groups excluding carboxylic acids is 1. The fourth-order valence-electron chi connectivity index (χ4n) is 1.99. The molecule has 7 heteroatoms. The smallest absolute Gasteiger partial charge is 0.416 e. The maximum Gasteiger partial charge on any atom is 0.416 e. The second kappa shape index (κ2) is 4.13. The quantitative estimate of drug-likeness (QED) is 0.847. The number of amides is 1. The second-order valence-corrected chi connectivity index (χ2v) is 4.51. The van der Waals surface area contributed by atoms with Crippen molar-refractivity contribution in [1.29, 1.82) is 0 Å². The van der Waals surface area contributed by atoms with Gasteiger partial charge >= 0.3 is 6.09 Å². The van der Waals surface area contributed by atoms with Crippen LogP contribution in [0.5, 0.6) is 0 Å². The molecule has 94 valence electrons. The van der Waals surface area contributed by atoms with Gasteiger partial charge in [0, 0.05) is 12.3 Å². The topological polar surface area (TPSA) is 71.1 Å². The number of aromatic nitrogens is 3. The Hall–Kier alpha value is -1.82. The number of nitrogens with zero attached hydrogens (tertiary/aromatic N) is 3. The van der Waals surface area contributed by atoms with Gasteiger partial charge in [-0.15, -0.1) is 0 Å². The van der Waals surface area contributed by atoms with Gasteiger partial charge in [0.25, 0.3) is 0 Å². The zero-order valence-corrected chi connectivity index (χ0v) is 10.4. The molecule has 1 amide bonds. The SMILES string of the molecule is CCC1CN(c2n[nH]c3cc(Cl)ncc23)C(=O)O1. The van der Waals surface area contributed by atoms with Crippen molar-refractivity contribution in [3.05, 3.63) is 17.4 Å². The number of anilines is 1. The standard InChI is InChI=1S/C11H11ClN4O2/c1-2-6-5-16(11(17)18-6)10-7-4-13-9(12)3-8(7)14-15-10/h3-4,6H,2,5H2,1H3,(H,14,15). The summed E-state index contributed by atoms with van der Waals surface area (Å²) in [5, 5.41) is 8.11. The first kappa shape index (κ1) is 11.3. The second-order valence-electron chi connectivity index (χ2n) is 4.12. The third kappa shape index (κ3) is 1.69. The Balaban J connectivity index is 2.02. The number of hydrogen-bond acceptors (Lipinski definition) is 4. The van der Waals surface area contributed by atoms with Crippen LogP contribution >= 0.6 is 11.6 Å². The van der Waals surface area contributed by atoms with Crippen molar-refractivity contribution in [3.8, 4) is 0 Å². The molecule has 0 aromatic carbocycles. The molecule has 1 fully saturated rings. The fourth-order valence-corrected chi connectivity index (χ4v) is 2.14. The van der Waals surface area contributed by atoms with Crippen LogP contribution in [0.25, 0.3) is 10.9 Å². The molecule has 1 atom stereocenters. The van der Waals surface area contributed by atoms with Gasteiger partial charge in [-0.1, -0.05) is 18.5 Å². The number of carbonyl (C=O) groups is 1. The number of hydrogen-bond donors (Lipinski definition) is 1. The Labute approximate surface area is 108 Å². The molecule has 1 saturated heterocycles. The van der Waals surface area contributed by atoms with Crippen LogP contribution in [0.1, 0.15) is 13.3 Å². The molecule has 1 N–H and O–H groups in total. The third-order valence-electron chi connectivity index (χ3n) is 2.98. The highest BCUT2D eigenvalue weighted by atomic mass is 35.5. The number of rotatable bonds is 2. The molecule has 1 unspecified atom stereocenters. The molecular weight excluding hydrogens is 256 g/mol. The molecule has 18 heavy (non-hydrogen) atoms. The Bertz CT molecular complexity index is 612. The highest BCUT2D eigenvalue weighted by Gasteiger charge is 2.33. The summed E-state index contributed by atoms with van der Waals surface area (Å²) in [6.07, 6.45) is 1.94. The lowest BCUT2D eigenvalue weighted by atomic mass is 10.2. The molecule has 1 aliphatic rings. The van der Waals surface area contributed by atoms with Crippen LogP contribution in [0.2, 0.25) is 5.15 Å². The van der Waals surface area contributed by atoms with Gasteiger partial charge in [-0.3, -0.25) is 10.00 Å². The van der Waals surface area contributed by atoms with Crippen molar-refractivity contribution in [2.24, 2.45) is 0 Å². The van der Waals surface area contributed by atoms with Crippen molar-refractivity contribution < 1.29 is 9.53 Å². The van der Waals surface area contributed by atoms with Crippen molar-refractivity contribution in [2.45, 2.75) is 19.4 Å². The van der Waals surface area contributed by atoms with Crippen LogP contribution in [0.3, 0.4) is 0 Å². The third-order valence-corrected chi connectivity index (χ3v) is 3.19. The zero-order valence-electron chi connectivity index (χ0n) is 9.68. The number of nitrogens with one attached hydrogen (secondary N) is 1. The lowest BCUT2D eigenvalue weighted by Crippen LogP contribution is -2.24. The summed E-state index contributed by atoms with van der Waals surface area (Å²) in [5.74, 6) is 0.537. The van der Waals surface area contributed by atoms with Gasteiger partial charge in [0.1, 0.15) is 11.3 Å². The number of cyclic esters (lactones) is 1. The summed E-state index contributed by atoms with van der Waals surface area (Å²) in [7, 11) is 0. The molecule has 2 aromatic rings. The number of ether oxygens (including phenoxy) is 1. The Morgan fingerprint density at radius 1 is 1.67 bits per heavy atom. The van der Waals surface area contributed by atoms with Gasteiger partial charge in [0.05, 0.1) is 17.4 Å². The van der Waals surface area contributed by atoms with Gasteiger partial charge < -0.3 is 4.74 Å². The molecule has 3 rings (SSSR count). The van der Waals surface area contributed by atoms with Crippen LogP contribution in [0.4, 0.5) is 10.6 Å². The number of halogens is 1. The van der Waals surface area contributed by atoms with E-state index in [9.17, 15) is 4.79 Å². The Morgan fingerprint density at radius 2 is 2.50 bits per heavy atom. The number of pyridine rings is 1. The maximum absolute atomic E-state index is 11.8. The predicted molar refractivity (Wildman–Crippen MR) is 66.8 cm³/mol. The average molecular weight is 267 g/mol. The summed E-state index contributed by atoms with van der Waals surface area (Å²) >= 11 is 5.80. The van der Waals surface area contributed by atoms with Crippen molar-refractivity contribution >= 4 is 34.4 Å². The molecular formula is C11H11ClN4O2. The van der Waals surface area contributed by atoms with Gasteiger partial charge in [0.2, 0.25) is 0 Å². The van der Waals surface area contributed by atoms with Crippen LogP contribution < -0.4 is 4.90 Å². The lowest BCUT2D eigenvalue weighted by Gasteiger charge is -2.08. The highest BCUT2D eigenvalue weighted by Crippen LogP contribution is 2.28. The Morgan fingerprint density at radius 3 is 3.22 bits per heavy atom. The van der Waals surface area contributed by atoms with E-state index >= 15 is 0 Å². The molecule has 0 saturated carbocycles. The first-order valence-electron chi connectivity index (χ1n) is 5.67. The van der Waals surface area contributed by atoms with E-state index < -0.39 is 0 Å². The molecule has 0 spiro atoms. The van der Waals surface area contributed by atoms with E-state index in [1.54, 1.807) is 12.3 Å². The van der Waals surface area contributed by atoms with E-state index in [1.165, 1.54) is 4.90 Å². The molecule has 3 heterocycles. The molecule has 2 aromatic heterocycles. The minimum Gasteiger partial charge on any atom is -0.444 e. The maximum atomic E-state index is 11.8. The molecule has 0 radical (unpaired) electrons. The first-order valence-corrected chi connectivity index (χ1v) is 6.04. The van der Waals surface area contributed by atoms with E-state index in [4.69, 9.17) is 16.3 Å². The van der Waals surface area contributed by atoms with E-state index in [-0.39, 0.29) is 12.2 Å². The van der Waals surface area contributed by atoms with Gasteiger partial charge in [-0.25, -0.2) is 9.78 Å². The van der Waals surface area contributed by atoms with Crippen molar-refractivity contribution in [2.75, 3.05) is 11.4 Å². The highest BCUT2D eigenvalue weighted by molar-refractivity contribution is 6.30. The average Bonchev–Trinajstić information content (AvgIpc) is 2.91. The van der Waals surface area contributed by atoms with Crippen LogP contribution in [0, 0.1) is 0 Å². The van der Waals surface area contributed by atoms with E-state index in [1.807, 2.05) is 6.92 Å². The largest absolute Gasteiger partial charge is 0.444 e. The number of aromatic amines is 1. The predicted octanol–water partition coefficient (Wildman–Crippen LogP) is 2.35. The van der Waals surface area contributed by atoms with Crippen LogP contribution in [-0.4, -0.2) is 33.9 Å². The zero-order chi connectivity index (χ0) is 12.7. The lowest BCUT2D eigenvalue weighted by molar-refractivity contribution is 0.139. The minimum atomic E-state index is -0.370. The summed E-state index contributed by atoms with van der Waals surface area (Å²) in [6, 6.07) is 1.67. The normalized spacial score (nSPS) is 19.6. The first-order chi connectivity index (χ1) is 8.69. The van der Waals surface area contributed by atoms with Gasteiger partial charge in [-0.2, -0.15) is 5.10 Å². The molecule has 0 aliphatic carbocycles. The van der Waals surface area contributed by atoms with Gasteiger partial charge in [0.15, 0.2) is 5.82 Å². The molecule has 1 aliphatic heterocycles. The number of fused-ring (bicyclic) bond motifs is 1. The van der Waals surface area contributed by atoms with Crippen LogP contribution in [0.15, 0.2) is 12.3 Å². The van der Waals surface area contributed by atoms with Gasteiger partial charge in [-0.05, 0) is 6.42 Å². The summed E-state index contributed by atoms with van der Waals surface area (Å²) in [6.45, 7) is 2.49. The van der Waals surface area contributed by atoms with Crippen molar-refractivity contribution in [3.63, 3.8) is 0 Å². The summed E-state index contributed by atoms with van der Waals surface area (Å²) in [4.78, 5) is 17.3. The minimum absolute atomic E-state index is 0.0792. The fraction of sp³-hybridized carbons (Fsp3) is 0.364. The summed E-state index contributed by atoms with van der Waals surface area (Å²) < 4.78 is 5.21. The van der Waals surface area contributed by atoms with E-state index in [0.717, 1.165) is 17.3 Å². The van der Waals surface area contributed by atoms with E-state index in [2.05, 4.69) is 15.2 Å². The van der Waals surface area contributed by atoms with E-state index in [0.29, 0.717) is 17.5 Å². The monoisotopic (exact) mass is 266 g/mol. The Kier molecular flexibility index (Phi) is 2.59. The number of H-pyrrole nitrogens is 1.